The van der Waals surface area contributed by atoms with Crippen molar-refractivity contribution >= 4 is 35.8 Å². The van der Waals surface area contributed by atoms with E-state index in [9.17, 15) is 4.79 Å². The van der Waals surface area contributed by atoms with Gasteiger partial charge in [0.05, 0.1) is 0 Å². The lowest BCUT2D eigenvalue weighted by atomic mass is 9.95. The number of nitrogens with zero attached hydrogens (tertiary/aromatic N) is 2. The van der Waals surface area contributed by atoms with Crippen LogP contribution in [0.3, 0.4) is 0 Å². The first-order chi connectivity index (χ1) is 12.0. The van der Waals surface area contributed by atoms with E-state index in [1.165, 1.54) is 11.8 Å². The molecular formula is C19H25ClN4OS. The lowest BCUT2D eigenvalue weighted by molar-refractivity contribution is -0.120. The molecule has 1 aliphatic carbocycles. The van der Waals surface area contributed by atoms with E-state index in [4.69, 9.17) is 5.73 Å². The number of hydrogen-bond acceptors (Lipinski definition) is 5. The fourth-order valence-electron chi connectivity index (χ4n) is 3.35. The van der Waals surface area contributed by atoms with Gasteiger partial charge in [0, 0.05) is 27.9 Å². The number of benzene rings is 1. The molecule has 3 N–H and O–H groups in total. The van der Waals surface area contributed by atoms with E-state index in [-0.39, 0.29) is 24.2 Å². The number of aromatic nitrogens is 2. The van der Waals surface area contributed by atoms with Crippen molar-refractivity contribution in [2.24, 2.45) is 17.6 Å². The van der Waals surface area contributed by atoms with Crippen LogP contribution in [0.25, 0.3) is 0 Å². The molecule has 1 aromatic heterocycles. The number of halogens is 1. The molecule has 0 spiro atoms. The van der Waals surface area contributed by atoms with E-state index in [0.29, 0.717) is 12.5 Å². The summed E-state index contributed by atoms with van der Waals surface area (Å²) in [6.07, 6.45) is 3.08. The number of carbonyl (C=O) groups is 1. The van der Waals surface area contributed by atoms with E-state index >= 15 is 0 Å². The summed E-state index contributed by atoms with van der Waals surface area (Å²) >= 11 is 1.52. The number of nitrogens with one attached hydrogen (secondary N) is 1. The fourth-order valence-corrected chi connectivity index (χ4v) is 4.21. The van der Waals surface area contributed by atoms with Crippen molar-refractivity contribution in [2.45, 2.75) is 43.2 Å². The molecule has 2 atom stereocenters. The average Bonchev–Trinajstić information content (AvgIpc) is 3.04. The number of anilines is 1. The Kier molecular flexibility index (Phi) is 7.43. The first-order valence-electron chi connectivity index (χ1n) is 8.66. The monoisotopic (exact) mass is 392 g/mol. The Morgan fingerprint density at radius 1 is 1.19 bits per heavy atom. The quantitative estimate of drug-likeness (QED) is 0.752. The molecule has 5 nitrogen and oxygen atoms in total. The molecule has 1 aromatic carbocycles. The molecule has 0 radical (unpaired) electrons. The normalized spacial score (nSPS) is 19.0. The first-order valence-corrected chi connectivity index (χ1v) is 9.48. The summed E-state index contributed by atoms with van der Waals surface area (Å²) in [4.78, 5) is 22.4. The Hall–Kier alpha value is -1.63. The third-order valence-electron chi connectivity index (χ3n) is 4.59. The summed E-state index contributed by atoms with van der Waals surface area (Å²) in [6.45, 7) is 4.52. The highest BCUT2D eigenvalue weighted by atomic mass is 35.5. The second-order valence-electron chi connectivity index (χ2n) is 6.58. The number of aryl methyl sites for hydroxylation is 2. The molecule has 140 valence electrons. The Balaban J connectivity index is 0.00000243. The lowest BCUT2D eigenvalue weighted by Gasteiger charge is -2.17. The average molecular weight is 393 g/mol. The van der Waals surface area contributed by atoms with Gasteiger partial charge in [0.2, 0.25) is 5.91 Å². The molecular weight excluding hydrogens is 368 g/mol. The van der Waals surface area contributed by atoms with Crippen molar-refractivity contribution in [3.8, 4) is 0 Å². The van der Waals surface area contributed by atoms with Crippen molar-refractivity contribution in [1.29, 1.82) is 0 Å². The van der Waals surface area contributed by atoms with Gasteiger partial charge in [0.15, 0.2) is 5.16 Å². The zero-order chi connectivity index (χ0) is 17.8. The van der Waals surface area contributed by atoms with Crippen LogP contribution < -0.4 is 11.1 Å². The third-order valence-corrected chi connectivity index (χ3v) is 5.46. The Bertz CT molecular complexity index is 733. The summed E-state index contributed by atoms with van der Waals surface area (Å²) in [7, 11) is 0. The van der Waals surface area contributed by atoms with Gasteiger partial charge < -0.3 is 11.1 Å². The highest BCUT2D eigenvalue weighted by Gasteiger charge is 2.31. The number of amides is 1. The molecule has 7 heteroatoms. The second-order valence-corrected chi connectivity index (χ2v) is 7.62. The minimum absolute atomic E-state index is 0. The van der Waals surface area contributed by atoms with E-state index in [1.54, 1.807) is 0 Å². The van der Waals surface area contributed by atoms with E-state index in [2.05, 4.69) is 15.3 Å². The van der Waals surface area contributed by atoms with Crippen LogP contribution in [0, 0.1) is 25.7 Å². The summed E-state index contributed by atoms with van der Waals surface area (Å²) in [5.41, 5.74) is 8.52. The zero-order valence-corrected chi connectivity index (χ0v) is 16.7. The standard InChI is InChI=1S/C19H24N4OS.ClH/c1-12-10-13(2)22-19(21-12)25-16-8-6-15(7-9-16)23-18(24)17-5-3-4-14(17)11-20;/h6-10,14,17H,3-5,11,20H2,1-2H3,(H,23,24);1H/t14-,17-;/m1./s1. The van der Waals surface area contributed by atoms with Crippen LogP contribution in [-0.2, 0) is 4.79 Å². The van der Waals surface area contributed by atoms with E-state index < -0.39 is 0 Å². The van der Waals surface area contributed by atoms with Crippen molar-refractivity contribution < 1.29 is 4.79 Å². The molecule has 1 saturated carbocycles. The summed E-state index contributed by atoms with van der Waals surface area (Å²) in [6, 6.07) is 9.78. The van der Waals surface area contributed by atoms with Gasteiger partial charge in [0.25, 0.3) is 0 Å². The van der Waals surface area contributed by atoms with E-state index in [1.807, 2.05) is 44.2 Å². The zero-order valence-electron chi connectivity index (χ0n) is 15.1. The van der Waals surface area contributed by atoms with Crippen LogP contribution in [0.2, 0.25) is 0 Å². The molecule has 1 aliphatic rings. The maximum atomic E-state index is 12.4. The van der Waals surface area contributed by atoms with Gasteiger partial charge in [-0.25, -0.2) is 9.97 Å². The highest BCUT2D eigenvalue weighted by molar-refractivity contribution is 7.99. The SMILES string of the molecule is Cc1cc(C)nc(Sc2ccc(NC(=O)[C@@H]3CCC[C@@H]3CN)cc2)n1.Cl. The molecule has 0 saturated heterocycles. The minimum atomic E-state index is 0. The smallest absolute Gasteiger partial charge is 0.227 e. The Morgan fingerprint density at radius 2 is 1.85 bits per heavy atom. The molecule has 0 aliphatic heterocycles. The van der Waals surface area contributed by atoms with E-state index in [0.717, 1.165) is 46.4 Å². The number of nitrogens with two attached hydrogens (primary N) is 1. The first kappa shape index (κ1) is 20.7. The van der Waals surface area contributed by atoms with Crippen LogP contribution >= 0.6 is 24.2 Å². The van der Waals surface area contributed by atoms with Crippen LogP contribution in [0.1, 0.15) is 30.7 Å². The Morgan fingerprint density at radius 3 is 2.46 bits per heavy atom. The van der Waals surface area contributed by atoms with Crippen molar-refractivity contribution in [1.82, 2.24) is 9.97 Å². The van der Waals surface area contributed by atoms with Crippen molar-refractivity contribution in [3.05, 3.63) is 41.7 Å². The lowest BCUT2D eigenvalue weighted by Crippen LogP contribution is -2.29. The van der Waals surface area contributed by atoms with Crippen LogP contribution in [0.15, 0.2) is 40.4 Å². The minimum Gasteiger partial charge on any atom is -0.330 e. The Labute approximate surface area is 165 Å². The molecule has 0 bridgehead atoms. The summed E-state index contributed by atoms with van der Waals surface area (Å²) in [5.74, 6) is 0.449. The molecule has 26 heavy (non-hydrogen) atoms. The topological polar surface area (TPSA) is 80.9 Å². The predicted molar refractivity (Wildman–Crippen MR) is 108 cm³/mol. The van der Waals surface area contributed by atoms with Gasteiger partial charge in [-0.1, -0.05) is 6.42 Å². The summed E-state index contributed by atoms with van der Waals surface area (Å²) in [5, 5.41) is 3.76. The fraction of sp³-hybridized carbons (Fsp3) is 0.421. The molecule has 3 rings (SSSR count). The van der Waals surface area contributed by atoms with Crippen LogP contribution in [-0.4, -0.2) is 22.4 Å². The second kappa shape index (κ2) is 9.35. The summed E-state index contributed by atoms with van der Waals surface area (Å²) < 4.78 is 0. The van der Waals surface area contributed by atoms with Gasteiger partial charge in [-0.05, 0) is 81.2 Å². The van der Waals surface area contributed by atoms with Crippen molar-refractivity contribution in [3.63, 3.8) is 0 Å². The van der Waals surface area contributed by atoms with Gasteiger partial charge in [-0.2, -0.15) is 0 Å². The van der Waals surface area contributed by atoms with Crippen LogP contribution in [0.4, 0.5) is 5.69 Å². The molecule has 0 unspecified atom stereocenters. The van der Waals surface area contributed by atoms with Gasteiger partial charge in [0.1, 0.15) is 0 Å². The van der Waals surface area contributed by atoms with Crippen LogP contribution in [0.5, 0.6) is 0 Å². The molecule has 1 amide bonds. The third kappa shape index (κ3) is 5.19. The molecule has 2 aromatic rings. The predicted octanol–water partition coefficient (Wildman–Crippen LogP) is 3.98. The number of hydrogen-bond donors (Lipinski definition) is 2. The molecule has 1 heterocycles. The van der Waals surface area contributed by atoms with Crippen molar-refractivity contribution in [2.75, 3.05) is 11.9 Å². The largest absolute Gasteiger partial charge is 0.330 e. The van der Waals surface area contributed by atoms with Gasteiger partial charge >= 0.3 is 0 Å². The van der Waals surface area contributed by atoms with Gasteiger partial charge in [-0.3, -0.25) is 4.79 Å². The highest BCUT2D eigenvalue weighted by Crippen LogP contribution is 2.32. The maximum absolute atomic E-state index is 12.4. The number of carbonyl (C=O) groups excluding carboxylic acids is 1. The molecule has 1 fully saturated rings. The van der Waals surface area contributed by atoms with Gasteiger partial charge in [-0.15, -0.1) is 12.4 Å². The number of rotatable bonds is 5. The maximum Gasteiger partial charge on any atom is 0.227 e.